The zero-order valence-corrected chi connectivity index (χ0v) is 9.90. The number of hydrogen-bond donors (Lipinski definition) is 1. The van der Waals surface area contributed by atoms with Crippen molar-refractivity contribution >= 4 is 11.8 Å². The van der Waals surface area contributed by atoms with Gasteiger partial charge in [0.1, 0.15) is 0 Å². The molecular weight excluding hydrogens is 222 g/mol. The molecule has 1 aromatic rings. The van der Waals surface area contributed by atoms with Crippen LogP contribution < -0.4 is 5.56 Å². The number of carbonyl (C=O) groups excluding carboxylic acids is 1. The number of hydrogen-bond acceptors (Lipinski definition) is 3. The number of nitrogens with zero attached hydrogens (tertiary/aromatic N) is 1. The molecule has 0 spiro atoms. The lowest BCUT2D eigenvalue weighted by Crippen LogP contribution is -2.27. The Kier molecular flexibility index (Phi) is 4.20. The van der Waals surface area contributed by atoms with Crippen LogP contribution in [0.25, 0.3) is 0 Å². The van der Waals surface area contributed by atoms with Gasteiger partial charge in [-0.3, -0.25) is 14.4 Å². The summed E-state index contributed by atoms with van der Waals surface area (Å²) in [5.74, 6) is -1.17. The molecule has 0 radical (unpaired) electrons. The predicted molar refractivity (Wildman–Crippen MR) is 62.3 cm³/mol. The minimum absolute atomic E-state index is 0.0101. The maximum absolute atomic E-state index is 11.9. The van der Waals surface area contributed by atoms with Crippen molar-refractivity contribution in [2.24, 2.45) is 0 Å². The van der Waals surface area contributed by atoms with E-state index in [1.165, 1.54) is 17.6 Å². The summed E-state index contributed by atoms with van der Waals surface area (Å²) in [5.41, 5.74) is 0.527. The molecule has 0 fully saturated rings. The van der Waals surface area contributed by atoms with Gasteiger partial charge in [-0.05, 0) is 32.4 Å². The first kappa shape index (κ1) is 13.2. The monoisotopic (exact) mass is 237 g/mol. The van der Waals surface area contributed by atoms with E-state index in [0.717, 1.165) is 5.69 Å². The largest absolute Gasteiger partial charge is 0.481 e. The Bertz CT molecular complexity index is 502. The summed E-state index contributed by atoms with van der Waals surface area (Å²) in [6.07, 6.45) is 0.383. The fourth-order valence-corrected chi connectivity index (χ4v) is 1.61. The van der Waals surface area contributed by atoms with Crippen LogP contribution in [0.5, 0.6) is 0 Å². The number of aliphatic carboxylic acids is 1. The molecule has 0 aliphatic rings. The number of Topliss-reactive ketones (excluding diaryl/α,β-unsaturated/α-hetero) is 1. The lowest BCUT2D eigenvalue weighted by molar-refractivity contribution is -0.137. The summed E-state index contributed by atoms with van der Waals surface area (Å²) in [5, 5.41) is 8.53. The van der Waals surface area contributed by atoms with E-state index < -0.39 is 5.97 Å². The SMILES string of the molecule is CC(=O)c1ccc(C)n(CCCC(=O)O)c1=O. The molecule has 1 N–H and O–H groups in total. The van der Waals surface area contributed by atoms with Crippen molar-refractivity contribution in [2.75, 3.05) is 0 Å². The summed E-state index contributed by atoms with van der Waals surface area (Å²) in [6.45, 7) is 3.41. The predicted octanol–water partition coefficient (Wildman–Crippen LogP) is 1.22. The second kappa shape index (κ2) is 5.43. The topological polar surface area (TPSA) is 76.4 Å². The Morgan fingerprint density at radius 1 is 1.35 bits per heavy atom. The number of rotatable bonds is 5. The fourth-order valence-electron chi connectivity index (χ4n) is 1.61. The van der Waals surface area contributed by atoms with Gasteiger partial charge in [-0.2, -0.15) is 0 Å². The first-order valence-corrected chi connectivity index (χ1v) is 5.36. The second-order valence-corrected chi connectivity index (χ2v) is 3.90. The first-order chi connectivity index (χ1) is 7.93. The highest BCUT2D eigenvalue weighted by Gasteiger charge is 2.10. The van der Waals surface area contributed by atoms with Crippen molar-refractivity contribution < 1.29 is 14.7 Å². The number of aromatic nitrogens is 1. The van der Waals surface area contributed by atoms with Crippen LogP contribution in [-0.4, -0.2) is 21.4 Å². The van der Waals surface area contributed by atoms with Gasteiger partial charge < -0.3 is 9.67 Å². The van der Waals surface area contributed by atoms with E-state index in [1.54, 1.807) is 13.0 Å². The Balaban J connectivity index is 2.98. The van der Waals surface area contributed by atoms with Crippen molar-refractivity contribution in [2.45, 2.75) is 33.2 Å². The van der Waals surface area contributed by atoms with Gasteiger partial charge in [0.05, 0.1) is 5.56 Å². The Morgan fingerprint density at radius 2 is 2.00 bits per heavy atom. The van der Waals surface area contributed by atoms with Crippen LogP contribution in [0, 0.1) is 6.92 Å². The van der Waals surface area contributed by atoms with Crippen molar-refractivity contribution in [1.82, 2.24) is 4.57 Å². The van der Waals surface area contributed by atoms with Crippen LogP contribution in [-0.2, 0) is 11.3 Å². The lowest BCUT2D eigenvalue weighted by atomic mass is 10.2. The molecule has 1 rings (SSSR count). The molecule has 0 saturated heterocycles. The van der Waals surface area contributed by atoms with Gasteiger partial charge in [-0.1, -0.05) is 0 Å². The van der Waals surface area contributed by atoms with Crippen LogP contribution in [0.4, 0.5) is 0 Å². The highest BCUT2D eigenvalue weighted by atomic mass is 16.4. The standard InChI is InChI=1S/C12H15NO4/c1-8-5-6-10(9(2)14)12(17)13(8)7-3-4-11(15)16/h5-6H,3-4,7H2,1-2H3,(H,15,16). The van der Waals surface area contributed by atoms with Crippen LogP contribution in [0.3, 0.4) is 0 Å². The zero-order chi connectivity index (χ0) is 13.0. The molecule has 17 heavy (non-hydrogen) atoms. The van der Waals surface area contributed by atoms with Crippen LogP contribution in [0.2, 0.25) is 0 Å². The number of carboxylic acids is 1. The third-order valence-electron chi connectivity index (χ3n) is 2.54. The molecule has 0 atom stereocenters. The van der Waals surface area contributed by atoms with Gasteiger partial charge in [0.2, 0.25) is 0 Å². The van der Waals surface area contributed by atoms with Gasteiger partial charge in [0.15, 0.2) is 5.78 Å². The third-order valence-corrected chi connectivity index (χ3v) is 2.54. The Labute approximate surface area is 98.7 Å². The number of pyridine rings is 1. The number of ketones is 1. The van der Waals surface area contributed by atoms with Crippen molar-refractivity contribution in [3.63, 3.8) is 0 Å². The molecule has 0 aromatic carbocycles. The normalized spacial score (nSPS) is 10.2. The molecule has 0 bridgehead atoms. The summed E-state index contributed by atoms with van der Waals surface area (Å²) in [4.78, 5) is 33.5. The zero-order valence-electron chi connectivity index (χ0n) is 9.90. The maximum atomic E-state index is 11.9. The lowest BCUT2D eigenvalue weighted by Gasteiger charge is -2.10. The van der Waals surface area contributed by atoms with E-state index in [-0.39, 0.29) is 23.3 Å². The molecule has 0 aliphatic carbocycles. The highest BCUT2D eigenvalue weighted by molar-refractivity contribution is 5.93. The van der Waals surface area contributed by atoms with E-state index in [4.69, 9.17) is 5.11 Å². The van der Waals surface area contributed by atoms with E-state index in [9.17, 15) is 14.4 Å². The number of carboxylic acid groups (broad SMARTS) is 1. The molecule has 1 aromatic heterocycles. The Hall–Kier alpha value is -1.91. The summed E-state index contributed by atoms with van der Waals surface area (Å²) in [6, 6.07) is 3.20. The second-order valence-electron chi connectivity index (χ2n) is 3.90. The van der Waals surface area contributed by atoms with Gasteiger partial charge >= 0.3 is 5.97 Å². The maximum Gasteiger partial charge on any atom is 0.303 e. The van der Waals surface area contributed by atoms with Crippen LogP contribution >= 0.6 is 0 Å². The first-order valence-electron chi connectivity index (χ1n) is 5.36. The summed E-state index contributed by atoms with van der Waals surface area (Å²) in [7, 11) is 0. The molecule has 0 amide bonds. The van der Waals surface area contributed by atoms with Gasteiger partial charge in [0.25, 0.3) is 5.56 Å². The number of aryl methyl sites for hydroxylation is 1. The van der Waals surface area contributed by atoms with E-state index in [0.29, 0.717) is 13.0 Å². The summed E-state index contributed by atoms with van der Waals surface area (Å²) < 4.78 is 1.44. The molecule has 92 valence electrons. The van der Waals surface area contributed by atoms with Crippen molar-refractivity contribution in [3.05, 3.63) is 33.7 Å². The molecular formula is C12H15NO4. The summed E-state index contributed by atoms with van der Waals surface area (Å²) >= 11 is 0. The third kappa shape index (κ3) is 3.27. The fraction of sp³-hybridized carbons (Fsp3) is 0.417. The minimum Gasteiger partial charge on any atom is -0.481 e. The van der Waals surface area contributed by atoms with E-state index >= 15 is 0 Å². The molecule has 1 heterocycles. The van der Waals surface area contributed by atoms with E-state index in [2.05, 4.69) is 0 Å². The minimum atomic E-state index is -0.890. The molecule has 0 aliphatic heterocycles. The number of carbonyl (C=O) groups is 2. The van der Waals surface area contributed by atoms with Gasteiger partial charge in [-0.25, -0.2) is 0 Å². The van der Waals surface area contributed by atoms with E-state index in [1.807, 2.05) is 0 Å². The molecule has 5 heteroatoms. The van der Waals surface area contributed by atoms with Crippen molar-refractivity contribution in [3.8, 4) is 0 Å². The Morgan fingerprint density at radius 3 is 2.53 bits per heavy atom. The molecule has 0 saturated carbocycles. The highest BCUT2D eigenvalue weighted by Crippen LogP contribution is 2.02. The van der Waals surface area contributed by atoms with Crippen LogP contribution in [0.15, 0.2) is 16.9 Å². The van der Waals surface area contributed by atoms with Gasteiger partial charge in [0, 0.05) is 18.7 Å². The molecule has 5 nitrogen and oxygen atoms in total. The molecule has 0 unspecified atom stereocenters. The average molecular weight is 237 g/mol. The van der Waals surface area contributed by atoms with Crippen LogP contribution in [0.1, 0.15) is 35.8 Å². The smallest absolute Gasteiger partial charge is 0.303 e. The van der Waals surface area contributed by atoms with Crippen molar-refractivity contribution in [1.29, 1.82) is 0 Å². The quantitative estimate of drug-likeness (QED) is 0.781. The van der Waals surface area contributed by atoms with Gasteiger partial charge in [-0.15, -0.1) is 0 Å². The average Bonchev–Trinajstić information content (AvgIpc) is 2.21.